The molecule has 0 saturated heterocycles. The normalized spacial score (nSPS) is 13.9. The first-order chi connectivity index (χ1) is 29.5. The number of esters is 2. The van der Waals surface area contributed by atoms with Gasteiger partial charge in [0.2, 0.25) is 0 Å². The topological polar surface area (TPSA) is 108 Å². The molecule has 0 aromatic carbocycles. The molecule has 0 aliphatic rings. The van der Waals surface area contributed by atoms with Crippen molar-refractivity contribution in [3.63, 3.8) is 0 Å². The lowest BCUT2D eigenvalue weighted by Crippen LogP contribution is -2.37. The number of ether oxygens (including phenoxy) is 2. The van der Waals surface area contributed by atoms with Crippen LogP contribution in [-0.4, -0.2) is 74.9 Å². The van der Waals surface area contributed by atoms with Crippen molar-refractivity contribution in [2.45, 2.75) is 219 Å². The molecular formula is C51H95NO8P+. The van der Waals surface area contributed by atoms with Gasteiger partial charge in [0.05, 0.1) is 27.7 Å². The van der Waals surface area contributed by atoms with Crippen LogP contribution in [0.2, 0.25) is 0 Å². The number of hydrogen-bond acceptors (Lipinski definition) is 7. The van der Waals surface area contributed by atoms with Gasteiger partial charge in [-0.2, -0.15) is 0 Å². The highest BCUT2D eigenvalue weighted by Gasteiger charge is 2.27. The molecule has 0 aromatic heterocycles. The Labute approximate surface area is 375 Å². The Kier molecular flexibility index (Phi) is 41.8. The zero-order chi connectivity index (χ0) is 45.0. The maximum absolute atomic E-state index is 12.7. The van der Waals surface area contributed by atoms with Crippen molar-refractivity contribution in [1.82, 2.24) is 0 Å². The van der Waals surface area contributed by atoms with Crippen molar-refractivity contribution in [3.05, 3.63) is 48.6 Å². The Bertz CT molecular complexity index is 1180. The molecular weight excluding hydrogens is 786 g/mol. The van der Waals surface area contributed by atoms with Gasteiger partial charge < -0.3 is 18.9 Å². The zero-order valence-corrected chi connectivity index (χ0v) is 41.0. The van der Waals surface area contributed by atoms with Crippen LogP contribution in [0.3, 0.4) is 0 Å². The van der Waals surface area contributed by atoms with Crippen molar-refractivity contribution in [2.24, 2.45) is 0 Å². The van der Waals surface area contributed by atoms with E-state index in [9.17, 15) is 19.0 Å². The largest absolute Gasteiger partial charge is 0.472 e. The third kappa shape index (κ3) is 47.3. The summed E-state index contributed by atoms with van der Waals surface area (Å²) in [6.07, 6.45) is 51.6. The molecule has 0 fully saturated rings. The number of nitrogens with zero attached hydrogens (tertiary/aromatic N) is 1. The second kappa shape index (κ2) is 43.2. The fourth-order valence-electron chi connectivity index (χ4n) is 6.66. The van der Waals surface area contributed by atoms with Gasteiger partial charge in [-0.1, -0.05) is 172 Å². The molecule has 2 unspecified atom stereocenters. The third-order valence-corrected chi connectivity index (χ3v) is 11.6. The Morgan fingerprint density at radius 3 is 1.33 bits per heavy atom. The minimum atomic E-state index is -4.38. The Morgan fingerprint density at radius 1 is 0.508 bits per heavy atom. The Morgan fingerprint density at radius 2 is 0.885 bits per heavy atom. The molecule has 9 nitrogen and oxygen atoms in total. The van der Waals surface area contributed by atoms with Gasteiger partial charge in [0, 0.05) is 12.8 Å². The van der Waals surface area contributed by atoms with E-state index in [1.807, 2.05) is 21.1 Å². The van der Waals surface area contributed by atoms with Gasteiger partial charge in [-0.25, -0.2) is 4.57 Å². The predicted octanol–water partition coefficient (Wildman–Crippen LogP) is 14.6. The Balaban J connectivity index is 4.28. The van der Waals surface area contributed by atoms with Crippen LogP contribution in [0.4, 0.5) is 0 Å². The lowest BCUT2D eigenvalue weighted by atomic mass is 10.1. The maximum atomic E-state index is 12.7. The summed E-state index contributed by atoms with van der Waals surface area (Å²) in [5, 5.41) is 0. The highest BCUT2D eigenvalue weighted by molar-refractivity contribution is 7.47. The quantitative estimate of drug-likeness (QED) is 0.0212. The molecule has 0 saturated carbocycles. The molecule has 10 heteroatoms. The average molecular weight is 881 g/mol. The number of quaternary nitrogens is 1. The van der Waals surface area contributed by atoms with E-state index in [0.29, 0.717) is 17.4 Å². The summed E-state index contributed by atoms with van der Waals surface area (Å²) in [7, 11) is 1.46. The summed E-state index contributed by atoms with van der Waals surface area (Å²) in [5.74, 6) is -0.815. The monoisotopic (exact) mass is 881 g/mol. The Hall–Kier alpha value is -2.03. The molecule has 1 N–H and O–H groups in total. The van der Waals surface area contributed by atoms with E-state index in [2.05, 4.69) is 62.5 Å². The summed E-state index contributed by atoms with van der Waals surface area (Å²) in [4.78, 5) is 35.5. The van der Waals surface area contributed by atoms with Crippen LogP contribution in [0.1, 0.15) is 213 Å². The molecule has 0 rings (SSSR count). The van der Waals surface area contributed by atoms with Crippen molar-refractivity contribution < 1.29 is 42.1 Å². The number of unbranched alkanes of at least 4 members (excludes halogenated alkanes) is 23. The predicted molar refractivity (Wildman–Crippen MR) is 257 cm³/mol. The SMILES string of the molecule is CCCCCCC/C=C\C/C=C\C/C=C\CCCCCCCCCCC(=O)OC(COC(=O)CCCCCCC/C=C\CCCCCCC)COP(=O)(O)OCC[N+](C)(C)C. The molecule has 0 bridgehead atoms. The fraction of sp³-hybridized carbons (Fsp3) is 0.804. The summed E-state index contributed by atoms with van der Waals surface area (Å²) < 4.78 is 34.4. The van der Waals surface area contributed by atoms with Crippen LogP contribution < -0.4 is 0 Å². The van der Waals surface area contributed by atoms with Gasteiger partial charge in [-0.05, 0) is 77.0 Å². The van der Waals surface area contributed by atoms with Crippen molar-refractivity contribution in [2.75, 3.05) is 47.5 Å². The van der Waals surface area contributed by atoms with Crippen LogP contribution >= 0.6 is 7.82 Å². The van der Waals surface area contributed by atoms with Crippen molar-refractivity contribution in [1.29, 1.82) is 0 Å². The molecule has 0 aliphatic carbocycles. The first-order valence-electron chi connectivity index (χ1n) is 24.9. The standard InChI is InChI=1S/C51H94NO8P/c1-6-8-10-12-14-16-18-20-22-23-24-25-26-27-28-29-30-32-34-36-38-40-42-44-51(54)60-49(48-59-61(55,56)58-46-45-52(3,4)5)47-57-50(53)43-41-39-37-35-33-31-21-19-17-15-13-11-9-7-2/h18-21,23-24,26-27,49H,6-17,22,25,28-48H2,1-5H3/p+1/b20-18-,21-19-,24-23-,27-26-. The number of hydrogen-bond donors (Lipinski definition) is 1. The third-order valence-electron chi connectivity index (χ3n) is 10.6. The smallest absolute Gasteiger partial charge is 0.462 e. The number of likely N-dealkylation sites (N-methyl/N-ethyl adjacent to an activating group) is 1. The molecule has 356 valence electrons. The number of phosphoric ester groups is 1. The lowest BCUT2D eigenvalue weighted by molar-refractivity contribution is -0.870. The summed E-state index contributed by atoms with van der Waals surface area (Å²) >= 11 is 0. The van der Waals surface area contributed by atoms with Gasteiger partial charge in [-0.3, -0.25) is 18.6 Å². The highest BCUT2D eigenvalue weighted by Crippen LogP contribution is 2.43. The van der Waals surface area contributed by atoms with Crippen molar-refractivity contribution >= 4 is 19.8 Å². The second-order valence-electron chi connectivity index (χ2n) is 17.8. The van der Waals surface area contributed by atoms with Crippen LogP contribution in [0.25, 0.3) is 0 Å². The first kappa shape index (κ1) is 59.0. The van der Waals surface area contributed by atoms with Crippen molar-refractivity contribution in [3.8, 4) is 0 Å². The van der Waals surface area contributed by atoms with E-state index in [1.54, 1.807) is 0 Å². The van der Waals surface area contributed by atoms with Crippen LogP contribution in [-0.2, 0) is 32.7 Å². The molecule has 0 radical (unpaired) electrons. The minimum Gasteiger partial charge on any atom is -0.462 e. The van der Waals surface area contributed by atoms with Gasteiger partial charge in [0.15, 0.2) is 6.10 Å². The first-order valence-corrected chi connectivity index (χ1v) is 26.4. The van der Waals surface area contributed by atoms with Crippen LogP contribution in [0, 0.1) is 0 Å². The molecule has 0 spiro atoms. The highest BCUT2D eigenvalue weighted by atomic mass is 31.2. The van der Waals surface area contributed by atoms with E-state index in [1.165, 1.54) is 103 Å². The molecule has 2 atom stereocenters. The number of rotatable bonds is 45. The van der Waals surface area contributed by atoms with Gasteiger partial charge in [0.25, 0.3) is 0 Å². The maximum Gasteiger partial charge on any atom is 0.472 e. The molecule has 0 aliphatic heterocycles. The van der Waals surface area contributed by atoms with E-state index in [0.717, 1.165) is 77.0 Å². The van der Waals surface area contributed by atoms with E-state index >= 15 is 0 Å². The molecule has 0 amide bonds. The summed E-state index contributed by atoms with van der Waals surface area (Å²) in [6.45, 7) is 4.39. The summed E-state index contributed by atoms with van der Waals surface area (Å²) in [5.41, 5.74) is 0. The molecule has 61 heavy (non-hydrogen) atoms. The van der Waals surface area contributed by atoms with Gasteiger partial charge >= 0.3 is 19.8 Å². The number of phosphoric acid groups is 1. The van der Waals surface area contributed by atoms with E-state index in [4.69, 9.17) is 18.5 Å². The number of allylic oxidation sites excluding steroid dienone is 8. The molecule has 0 heterocycles. The van der Waals surface area contributed by atoms with Crippen LogP contribution in [0.5, 0.6) is 0 Å². The number of carbonyl (C=O) groups excluding carboxylic acids is 2. The second-order valence-corrected chi connectivity index (χ2v) is 19.3. The van der Waals surface area contributed by atoms with Gasteiger partial charge in [-0.15, -0.1) is 0 Å². The molecule has 0 aromatic rings. The lowest BCUT2D eigenvalue weighted by Gasteiger charge is -2.24. The van der Waals surface area contributed by atoms with E-state index in [-0.39, 0.29) is 32.0 Å². The average Bonchev–Trinajstić information content (AvgIpc) is 3.21. The van der Waals surface area contributed by atoms with E-state index < -0.39 is 26.5 Å². The fourth-order valence-corrected chi connectivity index (χ4v) is 7.40. The van der Waals surface area contributed by atoms with Gasteiger partial charge in [0.1, 0.15) is 19.8 Å². The minimum absolute atomic E-state index is 0.0277. The zero-order valence-electron chi connectivity index (χ0n) is 40.1. The summed E-state index contributed by atoms with van der Waals surface area (Å²) in [6, 6.07) is 0. The number of carbonyl (C=O) groups is 2. The van der Waals surface area contributed by atoms with Crippen LogP contribution in [0.15, 0.2) is 48.6 Å².